The number of hydrogen-bond donors (Lipinski definition) is 2. The van der Waals surface area contributed by atoms with Gasteiger partial charge in [-0.15, -0.1) is 0 Å². The molecule has 5 rings (SSSR count). The molecule has 0 aliphatic carbocycles. The maximum atomic E-state index is 14.2. The SMILES string of the molecule is Cc1cc(F)cc(C)c1-c1cc([C@H](CC(=O)O)NC(=O)[C@@H](CC(C)C)n2cc(CCN3CCC3)c(C(F)(F)F)cc2=O)cn2ccnc12. The summed E-state index contributed by atoms with van der Waals surface area (Å²) in [7, 11) is 0. The van der Waals surface area contributed by atoms with Gasteiger partial charge in [-0.1, -0.05) is 13.8 Å². The molecule has 256 valence electrons. The number of rotatable bonds is 12. The Morgan fingerprint density at radius 1 is 1.06 bits per heavy atom. The third-order valence-corrected chi connectivity index (χ3v) is 8.82. The van der Waals surface area contributed by atoms with Gasteiger partial charge in [-0.3, -0.25) is 14.4 Å². The van der Waals surface area contributed by atoms with Crippen molar-refractivity contribution >= 4 is 17.5 Å². The van der Waals surface area contributed by atoms with Crippen LogP contribution in [0.3, 0.4) is 0 Å². The summed E-state index contributed by atoms with van der Waals surface area (Å²) in [6, 6.07) is 2.73. The van der Waals surface area contributed by atoms with Crippen LogP contribution in [0.15, 0.2) is 53.8 Å². The predicted molar refractivity (Wildman–Crippen MR) is 172 cm³/mol. The Kier molecular flexibility index (Phi) is 10.1. The Labute approximate surface area is 275 Å². The van der Waals surface area contributed by atoms with Crippen LogP contribution in [0.5, 0.6) is 0 Å². The van der Waals surface area contributed by atoms with Gasteiger partial charge >= 0.3 is 12.1 Å². The normalized spacial score (nSPS) is 15.0. The van der Waals surface area contributed by atoms with Crippen LogP contribution in [0.2, 0.25) is 0 Å². The number of halogens is 4. The first kappa shape index (κ1) is 34.8. The van der Waals surface area contributed by atoms with Crippen LogP contribution in [0.25, 0.3) is 16.8 Å². The Bertz CT molecular complexity index is 1870. The van der Waals surface area contributed by atoms with Gasteiger partial charge in [-0.25, -0.2) is 9.37 Å². The lowest BCUT2D eigenvalue weighted by Crippen LogP contribution is -2.41. The highest BCUT2D eigenvalue weighted by atomic mass is 19.4. The number of hydrogen-bond acceptors (Lipinski definition) is 5. The van der Waals surface area contributed by atoms with E-state index in [1.807, 2.05) is 18.7 Å². The predicted octanol–water partition coefficient (Wildman–Crippen LogP) is 6.11. The summed E-state index contributed by atoms with van der Waals surface area (Å²) in [5.41, 5.74) is 1.44. The monoisotopic (exact) mass is 669 g/mol. The van der Waals surface area contributed by atoms with Gasteiger partial charge < -0.3 is 24.3 Å². The summed E-state index contributed by atoms with van der Waals surface area (Å²) in [6.45, 7) is 9.11. The van der Waals surface area contributed by atoms with Crippen LogP contribution in [0, 0.1) is 25.6 Å². The highest BCUT2D eigenvalue weighted by Crippen LogP contribution is 2.35. The number of aliphatic carboxylic acids is 1. The quantitative estimate of drug-likeness (QED) is 0.177. The molecule has 3 aromatic heterocycles. The van der Waals surface area contributed by atoms with Crippen LogP contribution < -0.4 is 10.9 Å². The summed E-state index contributed by atoms with van der Waals surface area (Å²) in [6.07, 6.45) is 1.87. The van der Waals surface area contributed by atoms with E-state index in [-0.39, 0.29) is 24.3 Å². The molecular formula is C35H39F4N5O4. The van der Waals surface area contributed by atoms with E-state index in [0.29, 0.717) is 46.1 Å². The molecule has 0 bridgehead atoms. The number of fused-ring (bicyclic) bond motifs is 1. The number of carbonyl (C=O) groups is 2. The molecule has 1 amide bonds. The summed E-state index contributed by atoms with van der Waals surface area (Å²) in [4.78, 5) is 45.9. The molecule has 2 N–H and O–H groups in total. The molecule has 1 aromatic carbocycles. The smallest absolute Gasteiger partial charge is 0.416 e. The Morgan fingerprint density at radius 2 is 1.75 bits per heavy atom. The molecule has 4 heterocycles. The molecule has 9 nitrogen and oxygen atoms in total. The van der Waals surface area contributed by atoms with E-state index in [2.05, 4.69) is 10.3 Å². The maximum absolute atomic E-state index is 14.2. The molecule has 1 aliphatic rings. The lowest BCUT2D eigenvalue weighted by Gasteiger charge is -2.31. The Hall–Kier alpha value is -4.52. The highest BCUT2D eigenvalue weighted by molar-refractivity contribution is 5.84. The molecule has 4 aromatic rings. The number of pyridine rings is 2. The van der Waals surface area contributed by atoms with Gasteiger partial charge in [0.1, 0.15) is 17.5 Å². The summed E-state index contributed by atoms with van der Waals surface area (Å²) in [5, 5.41) is 12.7. The van der Waals surface area contributed by atoms with Crippen molar-refractivity contribution < 1.29 is 32.3 Å². The average Bonchev–Trinajstić information content (AvgIpc) is 3.43. The van der Waals surface area contributed by atoms with Gasteiger partial charge in [0.15, 0.2) is 0 Å². The largest absolute Gasteiger partial charge is 0.481 e. The number of benzene rings is 1. The molecule has 0 radical (unpaired) electrons. The minimum Gasteiger partial charge on any atom is -0.481 e. The van der Waals surface area contributed by atoms with Crippen molar-refractivity contribution in [1.82, 2.24) is 24.2 Å². The first-order valence-corrected chi connectivity index (χ1v) is 15.9. The molecule has 0 spiro atoms. The van der Waals surface area contributed by atoms with E-state index in [9.17, 15) is 37.1 Å². The number of nitrogens with zero attached hydrogens (tertiary/aromatic N) is 4. The molecule has 0 unspecified atom stereocenters. The van der Waals surface area contributed by atoms with Crippen LogP contribution in [-0.4, -0.2) is 55.5 Å². The number of carbonyl (C=O) groups excluding carboxylic acids is 1. The molecule has 13 heteroatoms. The number of alkyl halides is 3. The minimum atomic E-state index is -4.75. The van der Waals surface area contributed by atoms with Gasteiger partial charge in [0.25, 0.3) is 5.56 Å². The van der Waals surface area contributed by atoms with Crippen LogP contribution in [0.1, 0.15) is 73.0 Å². The molecule has 48 heavy (non-hydrogen) atoms. The fourth-order valence-corrected chi connectivity index (χ4v) is 6.44. The van der Waals surface area contributed by atoms with Gasteiger partial charge in [0.05, 0.1) is 18.0 Å². The lowest BCUT2D eigenvalue weighted by atomic mass is 9.93. The fourth-order valence-electron chi connectivity index (χ4n) is 6.44. The fraction of sp³-hybridized carbons (Fsp3) is 0.429. The number of aromatic nitrogens is 3. The number of imidazole rings is 1. The zero-order chi connectivity index (χ0) is 34.9. The first-order chi connectivity index (χ1) is 22.6. The molecular weight excluding hydrogens is 630 g/mol. The molecule has 2 atom stereocenters. The lowest BCUT2D eigenvalue weighted by molar-refractivity contribution is -0.139. The van der Waals surface area contributed by atoms with Crippen molar-refractivity contribution in [2.45, 2.75) is 71.6 Å². The van der Waals surface area contributed by atoms with Crippen LogP contribution in [-0.2, 0) is 22.2 Å². The summed E-state index contributed by atoms with van der Waals surface area (Å²) < 4.78 is 59.0. The average molecular weight is 670 g/mol. The van der Waals surface area contributed by atoms with Gasteiger partial charge in [0.2, 0.25) is 5.91 Å². The third-order valence-electron chi connectivity index (χ3n) is 8.82. The number of aryl methyl sites for hydroxylation is 2. The zero-order valence-corrected chi connectivity index (χ0v) is 27.3. The van der Waals surface area contributed by atoms with E-state index in [1.165, 1.54) is 12.1 Å². The van der Waals surface area contributed by atoms with Gasteiger partial charge in [-0.05, 0) is 98.1 Å². The second-order valence-electron chi connectivity index (χ2n) is 13.0. The summed E-state index contributed by atoms with van der Waals surface area (Å²) >= 11 is 0. The van der Waals surface area contributed by atoms with Crippen molar-refractivity contribution in [2.75, 3.05) is 19.6 Å². The third kappa shape index (κ3) is 7.61. The number of nitrogens with one attached hydrogen (secondary N) is 1. The number of likely N-dealkylation sites (tertiary alicyclic amines) is 1. The summed E-state index contributed by atoms with van der Waals surface area (Å²) in [5.74, 6) is -2.46. The van der Waals surface area contributed by atoms with Crippen molar-refractivity contribution in [3.8, 4) is 11.1 Å². The number of carboxylic acid groups (broad SMARTS) is 1. The number of amides is 1. The topological polar surface area (TPSA) is 109 Å². The van der Waals surface area contributed by atoms with Gasteiger partial charge in [-0.2, -0.15) is 13.2 Å². The second kappa shape index (κ2) is 13.9. The highest BCUT2D eigenvalue weighted by Gasteiger charge is 2.36. The zero-order valence-electron chi connectivity index (χ0n) is 27.3. The van der Waals surface area contributed by atoms with Crippen molar-refractivity contribution in [3.63, 3.8) is 0 Å². The van der Waals surface area contributed by atoms with Crippen LogP contribution >= 0.6 is 0 Å². The standard InChI is InChI=1S/C35H39F4N5O4/c1-20(2)12-29(44-19-23(6-10-42-8-5-9-42)27(16-30(44)45)35(37,38)39)34(48)41-28(17-31(46)47)24-15-26(33-40-7-11-43(33)18-24)32-21(3)13-25(36)14-22(32)4/h7,11,13-16,18-20,28-29H,5-6,8-10,12,17H2,1-4H3,(H,41,48)(H,46,47)/t28-,29+/m0/s1. The van der Waals surface area contributed by atoms with Gasteiger partial charge in [0, 0.05) is 43.0 Å². The molecule has 0 saturated carbocycles. The van der Waals surface area contributed by atoms with E-state index < -0.39 is 53.5 Å². The van der Waals surface area contributed by atoms with E-state index in [1.54, 1.807) is 42.9 Å². The Morgan fingerprint density at radius 3 is 2.33 bits per heavy atom. The van der Waals surface area contributed by atoms with E-state index in [4.69, 9.17) is 0 Å². The van der Waals surface area contributed by atoms with E-state index >= 15 is 0 Å². The molecule has 1 saturated heterocycles. The first-order valence-electron chi connectivity index (χ1n) is 15.9. The van der Waals surface area contributed by atoms with Crippen LogP contribution in [0.4, 0.5) is 17.6 Å². The van der Waals surface area contributed by atoms with Crippen molar-refractivity contribution in [1.29, 1.82) is 0 Å². The van der Waals surface area contributed by atoms with Crippen molar-refractivity contribution in [3.05, 3.63) is 93.0 Å². The van der Waals surface area contributed by atoms with E-state index in [0.717, 1.165) is 30.3 Å². The van der Waals surface area contributed by atoms with Crippen molar-refractivity contribution in [2.24, 2.45) is 5.92 Å². The minimum absolute atomic E-state index is 0.0443. The number of carboxylic acids is 1. The molecule has 1 fully saturated rings. The Balaban J connectivity index is 1.56. The molecule has 1 aliphatic heterocycles. The maximum Gasteiger partial charge on any atom is 0.416 e. The second-order valence-corrected chi connectivity index (χ2v) is 13.0.